The molecule has 0 aliphatic carbocycles. The molecule has 0 radical (unpaired) electrons. The Morgan fingerprint density at radius 2 is 2.28 bits per heavy atom. The number of carbonyl (C=O) groups is 1. The fourth-order valence-electron chi connectivity index (χ4n) is 3.59. The molecule has 0 fully saturated rings. The van der Waals surface area contributed by atoms with Gasteiger partial charge in [0, 0.05) is 30.8 Å². The molecule has 1 aromatic carbocycles. The first-order valence-corrected chi connectivity index (χ1v) is 8.33. The number of benzene rings is 1. The summed E-state index contributed by atoms with van der Waals surface area (Å²) in [4.78, 5) is 19.1. The van der Waals surface area contributed by atoms with Crippen molar-refractivity contribution < 1.29 is 19.0 Å². The number of pyridine rings is 1. The second-order valence-electron chi connectivity index (χ2n) is 6.31. The topological polar surface area (TPSA) is 60.9 Å². The third kappa shape index (κ3) is 2.72. The summed E-state index contributed by atoms with van der Waals surface area (Å²) in [5.74, 6) is 2.04. The minimum Gasteiger partial charge on any atom is -0.492 e. The van der Waals surface area contributed by atoms with Crippen LogP contribution >= 0.6 is 0 Å². The predicted molar refractivity (Wildman–Crippen MR) is 91.4 cm³/mol. The summed E-state index contributed by atoms with van der Waals surface area (Å²) in [7, 11) is 3.66. The van der Waals surface area contributed by atoms with E-state index in [0.717, 1.165) is 29.8 Å². The lowest BCUT2D eigenvalue weighted by Crippen LogP contribution is -2.34. The van der Waals surface area contributed by atoms with Gasteiger partial charge in [0.15, 0.2) is 17.3 Å². The fourth-order valence-corrected chi connectivity index (χ4v) is 3.59. The molecule has 2 aliphatic heterocycles. The summed E-state index contributed by atoms with van der Waals surface area (Å²) < 4.78 is 16.8. The SMILES string of the molecule is COc1c2c(cc3c1[C@@H](CC(=O)c1ccccn1)N(C)CC3)OCO2. The van der Waals surface area contributed by atoms with Gasteiger partial charge in [-0.3, -0.25) is 14.7 Å². The molecule has 25 heavy (non-hydrogen) atoms. The van der Waals surface area contributed by atoms with Crippen LogP contribution in [-0.4, -0.2) is 43.2 Å². The lowest BCUT2D eigenvalue weighted by Gasteiger charge is -2.35. The van der Waals surface area contributed by atoms with Gasteiger partial charge in [0.1, 0.15) is 5.69 Å². The Balaban J connectivity index is 1.74. The normalized spacial score (nSPS) is 18.7. The second kappa shape index (κ2) is 6.37. The molecule has 130 valence electrons. The number of fused-ring (bicyclic) bond motifs is 2. The van der Waals surface area contributed by atoms with E-state index in [-0.39, 0.29) is 18.6 Å². The minimum absolute atomic E-state index is 0.0185. The molecule has 2 aromatic rings. The zero-order chi connectivity index (χ0) is 17.4. The lowest BCUT2D eigenvalue weighted by atomic mass is 9.88. The van der Waals surface area contributed by atoms with Crippen LogP contribution in [0, 0.1) is 0 Å². The smallest absolute Gasteiger partial charge is 0.231 e. The number of ketones is 1. The van der Waals surface area contributed by atoms with Gasteiger partial charge in [0.25, 0.3) is 0 Å². The molecular formula is C19H20N2O4. The molecule has 1 aromatic heterocycles. The number of nitrogens with zero attached hydrogens (tertiary/aromatic N) is 2. The number of likely N-dealkylation sites (N-methyl/N-ethyl adjacent to an activating group) is 1. The van der Waals surface area contributed by atoms with Crippen LogP contribution in [-0.2, 0) is 6.42 Å². The van der Waals surface area contributed by atoms with Crippen molar-refractivity contribution in [2.45, 2.75) is 18.9 Å². The number of ether oxygens (including phenoxy) is 3. The molecule has 6 nitrogen and oxygen atoms in total. The number of hydrogen-bond donors (Lipinski definition) is 0. The number of hydrogen-bond acceptors (Lipinski definition) is 6. The average Bonchev–Trinajstić information content (AvgIpc) is 3.11. The highest BCUT2D eigenvalue weighted by Gasteiger charge is 2.35. The minimum atomic E-state index is -0.0808. The van der Waals surface area contributed by atoms with E-state index < -0.39 is 0 Å². The highest BCUT2D eigenvalue weighted by Crippen LogP contribution is 2.50. The lowest BCUT2D eigenvalue weighted by molar-refractivity contribution is 0.0920. The molecule has 0 unspecified atom stereocenters. The summed E-state index contributed by atoms with van der Waals surface area (Å²) in [6.07, 6.45) is 2.87. The van der Waals surface area contributed by atoms with E-state index in [9.17, 15) is 4.79 Å². The predicted octanol–water partition coefficient (Wildman–Crippen LogP) is 2.62. The molecule has 0 N–H and O–H groups in total. The molecule has 6 heteroatoms. The van der Waals surface area contributed by atoms with E-state index in [1.54, 1.807) is 19.4 Å². The first-order chi connectivity index (χ1) is 12.2. The van der Waals surface area contributed by atoms with Crippen LogP contribution in [0.15, 0.2) is 30.5 Å². The largest absolute Gasteiger partial charge is 0.492 e. The molecule has 2 aliphatic rings. The maximum Gasteiger partial charge on any atom is 0.231 e. The highest BCUT2D eigenvalue weighted by molar-refractivity contribution is 5.94. The summed E-state index contributed by atoms with van der Waals surface area (Å²) in [5.41, 5.74) is 2.66. The van der Waals surface area contributed by atoms with Gasteiger partial charge < -0.3 is 14.2 Å². The third-order valence-corrected chi connectivity index (χ3v) is 4.88. The van der Waals surface area contributed by atoms with Gasteiger partial charge in [-0.15, -0.1) is 0 Å². The van der Waals surface area contributed by atoms with Crippen LogP contribution in [0.3, 0.4) is 0 Å². The van der Waals surface area contributed by atoms with Crippen molar-refractivity contribution >= 4 is 5.78 Å². The quantitative estimate of drug-likeness (QED) is 0.798. The number of rotatable bonds is 4. The Kier molecular flexibility index (Phi) is 4.05. The summed E-state index contributed by atoms with van der Waals surface area (Å²) in [6, 6.07) is 7.33. The Bertz CT molecular complexity index is 807. The van der Waals surface area contributed by atoms with Crippen molar-refractivity contribution in [1.29, 1.82) is 0 Å². The standard InChI is InChI=1S/C19H20N2O4/c1-21-8-6-12-9-16-18(25-11-24-16)19(23-2)17(12)14(21)10-15(22)13-5-3-4-7-20-13/h3-5,7,9,14H,6,8,10-11H2,1-2H3/t14-/m1/s1. The van der Waals surface area contributed by atoms with Gasteiger partial charge in [-0.2, -0.15) is 0 Å². The molecular weight excluding hydrogens is 320 g/mol. The zero-order valence-corrected chi connectivity index (χ0v) is 14.3. The van der Waals surface area contributed by atoms with Crippen LogP contribution in [0.1, 0.15) is 34.1 Å². The number of Topliss-reactive ketones (excluding diaryl/α,β-unsaturated/α-hetero) is 1. The first-order valence-electron chi connectivity index (χ1n) is 8.33. The van der Waals surface area contributed by atoms with E-state index in [2.05, 4.69) is 9.88 Å². The van der Waals surface area contributed by atoms with Crippen molar-refractivity contribution in [2.75, 3.05) is 27.5 Å². The van der Waals surface area contributed by atoms with Crippen molar-refractivity contribution in [3.63, 3.8) is 0 Å². The molecule has 3 heterocycles. The van der Waals surface area contributed by atoms with Crippen LogP contribution < -0.4 is 14.2 Å². The zero-order valence-electron chi connectivity index (χ0n) is 14.3. The van der Waals surface area contributed by atoms with Crippen molar-refractivity contribution in [1.82, 2.24) is 9.88 Å². The van der Waals surface area contributed by atoms with Gasteiger partial charge in [0.05, 0.1) is 7.11 Å². The summed E-state index contributed by atoms with van der Waals surface area (Å²) in [6.45, 7) is 1.07. The Morgan fingerprint density at radius 1 is 1.40 bits per heavy atom. The van der Waals surface area contributed by atoms with E-state index in [1.807, 2.05) is 25.2 Å². The van der Waals surface area contributed by atoms with Crippen molar-refractivity contribution in [3.05, 3.63) is 47.3 Å². The molecule has 0 saturated carbocycles. The van der Waals surface area contributed by atoms with Crippen LogP contribution in [0.4, 0.5) is 0 Å². The Morgan fingerprint density at radius 3 is 3.04 bits per heavy atom. The molecule has 0 amide bonds. The van der Waals surface area contributed by atoms with Gasteiger partial charge in [-0.25, -0.2) is 0 Å². The Labute approximate surface area is 146 Å². The van der Waals surface area contributed by atoms with Gasteiger partial charge in [-0.05, 0) is 37.2 Å². The first kappa shape index (κ1) is 15.9. The van der Waals surface area contributed by atoms with Crippen LogP contribution in [0.2, 0.25) is 0 Å². The molecule has 4 rings (SSSR count). The maximum absolute atomic E-state index is 12.7. The fraction of sp³-hybridized carbons (Fsp3) is 0.368. The molecule has 0 bridgehead atoms. The highest BCUT2D eigenvalue weighted by atomic mass is 16.7. The molecule has 0 spiro atoms. The van der Waals surface area contributed by atoms with E-state index >= 15 is 0 Å². The van der Waals surface area contributed by atoms with Gasteiger partial charge >= 0.3 is 0 Å². The number of carbonyl (C=O) groups excluding carboxylic acids is 1. The van der Waals surface area contributed by atoms with Crippen molar-refractivity contribution in [3.8, 4) is 17.2 Å². The Hall–Kier alpha value is -2.60. The summed E-state index contributed by atoms with van der Waals surface area (Å²) >= 11 is 0. The maximum atomic E-state index is 12.7. The molecule has 0 saturated heterocycles. The molecule has 1 atom stereocenters. The number of methoxy groups -OCH3 is 1. The van der Waals surface area contributed by atoms with Crippen LogP contribution in [0.5, 0.6) is 17.2 Å². The number of aromatic nitrogens is 1. The average molecular weight is 340 g/mol. The van der Waals surface area contributed by atoms with E-state index in [1.165, 1.54) is 0 Å². The monoisotopic (exact) mass is 340 g/mol. The van der Waals surface area contributed by atoms with Gasteiger partial charge in [0.2, 0.25) is 12.5 Å². The van der Waals surface area contributed by atoms with E-state index in [0.29, 0.717) is 23.6 Å². The second-order valence-corrected chi connectivity index (χ2v) is 6.31. The third-order valence-electron chi connectivity index (χ3n) is 4.88. The van der Waals surface area contributed by atoms with Gasteiger partial charge in [-0.1, -0.05) is 6.07 Å². The van der Waals surface area contributed by atoms with Crippen LogP contribution in [0.25, 0.3) is 0 Å². The van der Waals surface area contributed by atoms with E-state index in [4.69, 9.17) is 14.2 Å². The summed E-state index contributed by atoms with van der Waals surface area (Å²) in [5, 5.41) is 0. The van der Waals surface area contributed by atoms with Crippen molar-refractivity contribution in [2.24, 2.45) is 0 Å².